The molecule has 0 spiro atoms. The summed E-state index contributed by atoms with van der Waals surface area (Å²) < 4.78 is 1.21. The summed E-state index contributed by atoms with van der Waals surface area (Å²) in [7, 11) is 1.50. The lowest BCUT2D eigenvalue weighted by atomic mass is 9.84. The van der Waals surface area contributed by atoms with Crippen molar-refractivity contribution in [2.75, 3.05) is 0 Å². The van der Waals surface area contributed by atoms with Gasteiger partial charge in [-0.15, -0.1) is 11.3 Å². The molecule has 0 aromatic carbocycles. The van der Waals surface area contributed by atoms with Crippen LogP contribution in [0.5, 0.6) is 11.8 Å². The number of carbonyl (C=O) groups is 1. The first-order valence-corrected chi connectivity index (χ1v) is 8.19. The molecule has 0 radical (unpaired) electrons. The second-order valence-corrected chi connectivity index (χ2v) is 7.18. The van der Waals surface area contributed by atoms with Crippen LogP contribution in [-0.2, 0) is 17.4 Å². The number of carboxylic acid groups (broad SMARTS) is 1. The van der Waals surface area contributed by atoms with Crippen molar-refractivity contribution in [3.05, 3.63) is 27.7 Å². The van der Waals surface area contributed by atoms with Crippen LogP contribution in [0.1, 0.15) is 42.4 Å². The lowest BCUT2D eigenvalue weighted by Crippen LogP contribution is -2.47. The molecule has 3 rings (SSSR count). The Balaban J connectivity index is 2.27. The summed E-state index contributed by atoms with van der Waals surface area (Å²) in [5, 5.41) is 36.3. The van der Waals surface area contributed by atoms with Crippen LogP contribution in [0.3, 0.4) is 0 Å². The number of nitrogens with zero attached hydrogens (tertiary/aromatic N) is 2. The molecular formula is C15H19N3O4S. The van der Waals surface area contributed by atoms with Crippen molar-refractivity contribution in [2.24, 2.45) is 13.0 Å². The summed E-state index contributed by atoms with van der Waals surface area (Å²) in [5.74, 6) is -1.38. The normalized spacial score (nSPS) is 23.4. The Hall–Kier alpha value is -2.06. The van der Waals surface area contributed by atoms with Gasteiger partial charge in [-0.05, 0) is 12.3 Å². The number of thiazole rings is 1. The van der Waals surface area contributed by atoms with Gasteiger partial charge in [-0.3, -0.25) is 9.88 Å². The molecule has 0 unspecified atom stereocenters. The smallest absolute Gasteiger partial charge is 0.328 e. The highest BCUT2D eigenvalue weighted by Crippen LogP contribution is 2.53. The molecule has 8 heteroatoms. The van der Waals surface area contributed by atoms with Gasteiger partial charge in [-0.25, -0.2) is 9.78 Å². The van der Waals surface area contributed by atoms with Crippen LogP contribution in [0, 0.1) is 5.92 Å². The molecule has 3 heterocycles. The van der Waals surface area contributed by atoms with E-state index in [9.17, 15) is 20.1 Å². The first-order valence-electron chi connectivity index (χ1n) is 7.31. The minimum Gasteiger partial charge on any atom is -0.494 e. The summed E-state index contributed by atoms with van der Waals surface area (Å²) >= 11 is 1.37. The third-order valence-electron chi connectivity index (χ3n) is 4.25. The van der Waals surface area contributed by atoms with Gasteiger partial charge in [0.2, 0.25) is 0 Å². The first kappa shape index (κ1) is 15.8. The summed E-state index contributed by atoms with van der Waals surface area (Å²) in [5.41, 5.74) is -0.829. The van der Waals surface area contributed by atoms with Gasteiger partial charge in [0.25, 0.3) is 0 Å². The van der Waals surface area contributed by atoms with Gasteiger partial charge in [0.15, 0.2) is 11.8 Å². The fourth-order valence-electron chi connectivity index (χ4n) is 3.36. The van der Waals surface area contributed by atoms with E-state index in [1.165, 1.54) is 23.0 Å². The molecule has 2 atom stereocenters. The fraction of sp³-hybridized carbons (Fsp3) is 0.467. The van der Waals surface area contributed by atoms with Crippen molar-refractivity contribution in [3.8, 4) is 11.8 Å². The SMILES string of the molecule is CC(C)C[C@]1(C(=O)O)N[C@@H](c2nccs2)c2c1c(O)n(C)c2O. The second-order valence-electron chi connectivity index (χ2n) is 6.25. The Kier molecular flexibility index (Phi) is 3.61. The number of carboxylic acids is 1. The molecule has 0 aliphatic carbocycles. The molecule has 0 saturated heterocycles. The quantitative estimate of drug-likeness (QED) is 0.679. The zero-order valence-electron chi connectivity index (χ0n) is 13.1. The summed E-state index contributed by atoms with van der Waals surface area (Å²) in [6.07, 6.45) is 1.92. The number of hydrogen-bond donors (Lipinski definition) is 4. The highest BCUT2D eigenvalue weighted by Gasteiger charge is 2.55. The van der Waals surface area contributed by atoms with Gasteiger partial charge in [-0.1, -0.05) is 13.8 Å². The average Bonchev–Trinajstić information content (AvgIpc) is 3.14. The monoisotopic (exact) mass is 337 g/mol. The third-order valence-corrected chi connectivity index (χ3v) is 5.09. The van der Waals surface area contributed by atoms with Crippen LogP contribution in [0.25, 0.3) is 0 Å². The van der Waals surface area contributed by atoms with E-state index >= 15 is 0 Å². The standard InChI is InChI=1S/C15H19N3O4S/c1-7(2)6-15(14(21)22)9-8(12(19)18(3)13(9)20)10(17-15)11-16-4-5-23-11/h4-5,7,10,17,19-20H,6H2,1-3H3,(H,21,22)/t10-,15+/m1/s1. The van der Waals surface area contributed by atoms with Gasteiger partial charge in [0.1, 0.15) is 10.5 Å². The van der Waals surface area contributed by atoms with Crippen LogP contribution >= 0.6 is 11.3 Å². The Bertz CT molecular complexity index is 753. The van der Waals surface area contributed by atoms with Crippen molar-refractivity contribution >= 4 is 17.3 Å². The van der Waals surface area contributed by atoms with E-state index in [0.29, 0.717) is 10.6 Å². The van der Waals surface area contributed by atoms with Crippen LogP contribution < -0.4 is 5.32 Å². The van der Waals surface area contributed by atoms with Crippen molar-refractivity contribution in [1.82, 2.24) is 14.9 Å². The maximum Gasteiger partial charge on any atom is 0.328 e. The highest BCUT2D eigenvalue weighted by molar-refractivity contribution is 7.09. The molecule has 0 amide bonds. The number of hydrogen-bond acceptors (Lipinski definition) is 6. The molecule has 23 heavy (non-hydrogen) atoms. The number of rotatable bonds is 4. The molecule has 0 saturated carbocycles. The zero-order valence-corrected chi connectivity index (χ0v) is 13.9. The fourth-order valence-corrected chi connectivity index (χ4v) is 4.05. The van der Waals surface area contributed by atoms with Crippen molar-refractivity contribution in [2.45, 2.75) is 31.8 Å². The predicted octanol–water partition coefficient (Wildman–Crippen LogP) is 1.91. The number of aromatic nitrogens is 2. The lowest BCUT2D eigenvalue weighted by Gasteiger charge is -2.29. The van der Waals surface area contributed by atoms with E-state index in [0.717, 1.165) is 0 Å². The van der Waals surface area contributed by atoms with Crippen molar-refractivity contribution < 1.29 is 20.1 Å². The van der Waals surface area contributed by atoms with Crippen LogP contribution in [-0.4, -0.2) is 30.8 Å². The minimum atomic E-state index is -1.46. The Morgan fingerprint density at radius 1 is 1.48 bits per heavy atom. The van der Waals surface area contributed by atoms with E-state index in [1.807, 2.05) is 13.8 Å². The van der Waals surface area contributed by atoms with Crippen LogP contribution in [0.4, 0.5) is 0 Å². The highest BCUT2D eigenvalue weighted by atomic mass is 32.1. The minimum absolute atomic E-state index is 0.0724. The summed E-state index contributed by atoms with van der Waals surface area (Å²) in [6, 6.07) is -0.563. The summed E-state index contributed by atoms with van der Waals surface area (Å²) in [6.45, 7) is 3.84. The molecule has 0 bridgehead atoms. The van der Waals surface area contributed by atoms with Gasteiger partial charge in [-0.2, -0.15) is 0 Å². The Morgan fingerprint density at radius 2 is 2.17 bits per heavy atom. The van der Waals surface area contributed by atoms with E-state index in [-0.39, 0.29) is 29.7 Å². The molecule has 7 nitrogen and oxygen atoms in total. The molecular weight excluding hydrogens is 318 g/mol. The topological polar surface area (TPSA) is 108 Å². The van der Waals surface area contributed by atoms with Crippen LogP contribution in [0.2, 0.25) is 0 Å². The molecule has 1 aliphatic heterocycles. The van der Waals surface area contributed by atoms with E-state index in [2.05, 4.69) is 10.3 Å². The molecule has 124 valence electrons. The third kappa shape index (κ3) is 2.13. The molecule has 1 aliphatic rings. The average molecular weight is 337 g/mol. The van der Waals surface area contributed by atoms with Gasteiger partial charge >= 0.3 is 5.97 Å². The van der Waals surface area contributed by atoms with E-state index < -0.39 is 17.6 Å². The van der Waals surface area contributed by atoms with Gasteiger partial charge in [0.05, 0.1) is 11.6 Å². The second kappa shape index (κ2) is 5.24. The number of fused-ring (bicyclic) bond motifs is 1. The maximum absolute atomic E-state index is 12.1. The largest absolute Gasteiger partial charge is 0.494 e. The Labute approximate surface area is 137 Å². The molecule has 0 fully saturated rings. The maximum atomic E-state index is 12.1. The molecule has 2 aromatic rings. The number of nitrogens with one attached hydrogen (secondary N) is 1. The lowest BCUT2D eigenvalue weighted by molar-refractivity contribution is -0.146. The molecule has 2 aromatic heterocycles. The Morgan fingerprint density at radius 3 is 2.70 bits per heavy atom. The first-order chi connectivity index (χ1) is 10.8. The van der Waals surface area contributed by atoms with Gasteiger partial charge in [0, 0.05) is 24.2 Å². The van der Waals surface area contributed by atoms with E-state index in [1.54, 1.807) is 11.6 Å². The van der Waals surface area contributed by atoms with E-state index in [4.69, 9.17) is 0 Å². The summed E-state index contributed by atoms with van der Waals surface area (Å²) in [4.78, 5) is 16.4. The number of aromatic hydroxyl groups is 2. The predicted molar refractivity (Wildman–Crippen MR) is 84.6 cm³/mol. The van der Waals surface area contributed by atoms with Crippen LogP contribution in [0.15, 0.2) is 11.6 Å². The van der Waals surface area contributed by atoms with Crippen molar-refractivity contribution in [3.63, 3.8) is 0 Å². The number of aliphatic carboxylic acids is 1. The van der Waals surface area contributed by atoms with Gasteiger partial charge < -0.3 is 15.3 Å². The zero-order chi connectivity index (χ0) is 16.9. The molecule has 4 N–H and O–H groups in total. The van der Waals surface area contributed by atoms with Crippen molar-refractivity contribution in [1.29, 1.82) is 0 Å².